The Kier molecular flexibility index (Phi) is 4.32. The lowest BCUT2D eigenvalue weighted by molar-refractivity contribution is 1.11. The maximum absolute atomic E-state index is 3.36. The minimum absolute atomic E-state index is 0. The van der Waals surface area contributed by atoms with Crippen molar-refractivity contribution < 1.29 is 4.70 Å². The average molecular weight is 191 g/mol. The summed E-state index contributed by atoms with van der Waals surface area (Å²) in [5.74, 6) is 0. The summed E-state index contributed by atoms with van der Waals surface area (Å²) in [7, 11) is 0. The molecule has 1 aromatic rings. The standard InChI is InChI=1S/C7H7Br.FH/c8-6-7-4-2-1-3-5-7;/h1-5H,6H2;1H. The molecule has 2 heteroatoms. The van der Waals surface area contributed by atoms with E-state index in [2.05, 4.69) is 28.1 Å². The van der Waals surface area contributed by atoms with Gasteiger partial charge in [0.05, 0.1) is 0 Å². The van der Waals surface area contributed by atoms with Gasteiger partial charge in [0.1, 0.15) is 0 Å². The summed E-state index contributed by atoms with van der Waals surface area (Å²) in [6.45, 7) is 0. The van der Waals surface area contributed by atoms with E-state index in [1.807, 2.05) is 18.2 Å². The SMILES string of the molecule is BrCc1ccccc1.F. The normalized spacial score (nSPS) is 8.11. The number of benzene rings is 1. The Morgan fingerprint density at radius 3 is 2.00 bits per heavy atom. The highest BCUT2D eigenvalue weighted by Crippen LogP contribution is 2.02. The van der Waals surface area contributed by atoms with Gasteiger partial charge in [-0.25, -0.2) is 0 Å². The third kappa shape index (κ3) is 2.61. The number of rotatable bonds is 1. The second-order valence-corrected chi connectivity index (χ2v) is 2.18. The molecule has 0 nitrogen and oxygen atoms in total. The second-order valence-electron chi connectivity index (χ2n) is 1.62. The number of halogens is 2. The minimum atomic E-state index is 0. The molecule has 0 aliphatic heterocycles. The number of hydrogen-bond acceptors (Lipinski definition) is 0. The molecule has 0 atom stereocenters. The van der Waals surface area contributed by atoms with Crippen molar-refractivity contribution in [3.8, 4) is 0 Å². The Bertz CT molecular complexity index is 150. The Balaban J connectivity index is 0.000000640. The summed E-state index contributed by atoms with van der Waals surface area (Å²) in [6.07, 6.45) is 0. The van der Waals surface area contributed by atoms with Gasteiger partial charge in [-0.2, -0.15) is 0 Å². The molecule has 0 saturated heterocycles. The molecule has 50 valence electrons. The van der Waals surface area contributed by atoms with Gasteiger partial charge in [-0.05, 0) is 5.56 Å². The fourth-order valence-corrected chi connectivity index (χ4v) is 0.941. The molecule has 0 radical (unpaired) electrons. The zero-order chi connectivity index (χ0) is 5.82. The third-order valence-electron chi connectivity index (χ3n) is 0.997. The summed E-state index contributed by atoms with van der Waals surface area (Å²) in [4.78, 5) is 0. The highest BCUT2D eigenvalue weighted by molar-refractivity contribution is 9.08. The highest BCUT2D eigenvalue weighted by Gasteiger charge is 1.81. The van der Waals surface area contributed by atoms with E-state index in [0.29, 0.717) is 0 Å². The zero-order valence-electron chi connectivity index (χ0n) is 4.88. The van der Waals surface area contributed by atoms with Gasteiger partial charge in [-0.1, -0.05) is 46.3 Å². The van der Waals surface area contributed by atoms with Crippen molar-refractivity contribution in [2.45, 2.75) is 5.33 Å². The molecular weight excluding hydrogens is 183 g/mol. The Hall–Kier alpha value is -0.370. The van der Waals surface area contributed by atoms with E-state index in [0.717, 1.165) is 5.33 Å². The maximum atomic E-state index is 3.36. The van der Waals surface area contributed by atoms with E-state index in [4.69, 9.17) is 0 Å². The summed E-state index contributed by atoms with van der Waals surface area (Å²) >= 11 is 3.36. The van der Waals surface area contributed by atoms with Crippen LogP contribution in [0.2, 0.25) is 0 Å². The Morgan fingerprint density at radius 1 is 1.11 bits per heavy atom. The summed E-state index contributed by atoms with van der Waals surface area (Å²) in [5, 5.41) is 0.952. The first-order valence-corrected chi connectivity index (χ1v) is 3.65. The van der Waals surface area contributed by atoms with Crippen molar-refractivity contribution in [3.63, 3.8) is 0 Å². The van der Waals surface area contributed by atoms with Crippen LogP contribution in [-0.4, -0.2) is 0 Å². The van der Waals surface area contributed by atoms with E-state index >= 15 is 0 Å². The zero-order valence-corrected chi connectivity index (χ0v) is 6.47. The van der Waals surface area contributed by atoms with Crippen molar-refractivity contribution in [1.82, 2.24) is 0 Å². The Morgan fingerprint density at radius 2 is 1.67 bits per heavy atom. The average Bonchev–Trinajstić information content (AvgIpc) is 1.90. The van der Waals surface area contributed by atoms with Crippen LogP contribution in [0.25, 0.3) is 0 Å². The minimum Gasteiger partial charge on any atom is -0.269 e. The number of alkyl halides is 1. The maximum Gasteiger partial charge on any atom is 0.0283 e. The lowest BCUT2D eigenvalue weighted by Gasteiger charge is -1.88. The molecule has 9 heavy (non-hydrogen) atoms. The molecule has 0 heterocycles. The van der Waals surface area contributed by atoms with Crippen LogP contribution in [0.3, 0.4) is 0 Å². The first kappa shape index (κ1) is 8.63. The first-order valence-electron chi connectivity index (χ1n) is 2.53. The summed E-state index contributed by atoms with van der Waals surface area (Å²) in [6, 6.07) is 10.3. The number of hydrogen-bond donors (Lipinski definition) is 0. The smallest absolute Gasteiger partial charge is 0.0283 e. The van der Waals surface area contributed by atoms with Crippen LogP contribution in [0.5, 0.6) is 0 Å². The van der Waals surface area contributed by atoms with Crippen molar-refractivity contribution >= 4 is 15.9 Å². The van der Waals surface area contributed by atoms with Crippen LogP contribution < -0.4 is 0 Å². The molecule has 0 aromatic heterocycles. The van der Waals surface area contributed by atoms with E-state index in [9.17, 15) is 0 Å². The monoisotopic (exact) mass is 190 g/mol. The molecule has 0 fully saturated rings. The molecule has 0 amide bonds. The molecular formula is C7H8BrF. The predicted molar refractivity (Wildman–Crippen MR) is 41.6 cm³/mol. The van der Waals surface area contributed by atoms with Crippen LogP contribution >= 0.6 is 15.9 Å². The molecule has 1 aromatic carbocycles. The van der Waals surface area contributed by atoms with Gasteiger partial charge in [-0.3, -0.25) is 4.70 Å². The molecule has 0 spiro atoms. The fraction of sp³-hybridized carbons (Fsp3) is 0.143. The molecule has 0 aliphatic rings. The quantitative estimate of drug-likeness (QED) is 0.598. The van der Waals surface area contributed by atoms with E-state index in [-0.39, 0.29) is 4.70 Å². The van der Waals surface area contributed by atoms with E-state index in [1.54, 1.807) is 0 Å². The molecule has 0 aliphatic carbocycles. The van der Waals surface area contributed by atoms with Gasteiger partial charge in [0.2, 0.25) is 0 Å². The van der Waals surface area contributed by atoms with Crippen LogP contribution in [0.15, 0.2) is 30.3 Å². The molecule has 0 N–H and O–H groups in total. The van der Waals surface area contributed by atoms with Gasteiger partial charge >= 0.3 is 0 Å². The van der Waals surface area contributed by atoms with Crippen molar-refractivity contribution in [2.24, 2.45) is 0 Å². The van der Waals surface area contributed by atoms with Gasteiger partial charge in [0.25, 0.3) is 0 Å². The third-order valence-corrected chi connectivity index (χ3v) is 1.64. The van der Waals surface area contributed by atoms with Crippen LogP contribution in [0.4, 0.5) is 4.70 Å². The van der Waals surface area contributed by atoms with Crippen molar-refractivity contribution in [1.29, 1.82) is 0 Å². The van der Waals surface area contributed by atoms with E-state index < -0.39 is 0 Å². The lowest BCUT2D eigenvalue weighted by Crippen LogP contribution is -1.70. The van der Waals surface area contributed by atoms with Gasteiger partial charge in [-0.15, -0.1) is 0 Å². The molecule has 0 saturated carbocycles. The highest BCUT2D eigenvalue weighted by atomic mass is 79.9. The van der Waals surface area contributed by atoms with Crippen molar-refractivity contribution in [3.05, 3.63) is 35.9 Å². The first-order chi connectivity index (χ1) is 3.93. The fourth-order valence-electron chi connectivity index (χ4n) is 0.567. The molecule has 0 unspecified atom stereocenters. The molecule has 0 bridgehead atoms. The van der Waals surface area contributed by atoms with Gasteiger partial charge in [0.15, 0.2) is 0 Å². The van der Waals surface area contributed by atoms with Crippen LogP contribution in [0.1, 0.15) is 5.56 Å². The summed E-state index contributed by atoms with van der Waals surface area (Å²) in [5.41, 5.74) is 1.33. The van der Waals surface area contributed by atoms with Crippen LogP contribution in [0, 0.1) is 0 Å². The topological polar surface area (TPSA) is 0 Å². The largest absolute Gasteiger partial charge is 0.269 e. The lowest BCUT2D eigenvalue weighted by atomic mass is 10.2. The second kappa shape index (κ2) is 4.50. The summed E-state index contributed by atoms with van der Waals surface area (Å²) < 4.78 is 0. The molecule has 1 rings (SSSR count). The van der Waals surface area contributed by atoms with Crippen LogP contribution in [-0.2, 0) is 5.33 Å². The predicted octanol–water partition coefficient (Wildman–Crippen LogP) is 2.73. The van der Waals surface area contributed by atoms with Gasteiger partial charge < -0.3 is 0 Å². The Labute approximate surface area is 62.4 Å². The van der Waals surface area contributed by atoms with E-state index in [1.165, 1.54) is 5.56 Å². The van der Waals surface area contributed by atoms with Gasteiger partial charge in [0, 0.05) is 5.33 Å². The van der Waals surface area contributed by atoms with Crippen molar-refractivity contribution in [2.75, 3.05) is 0 Å².